The van der Waals surface area contributed by atoms with Gasteiger partial charge in [-0.2, -0.15) is 4.98 Å². The summed E-state index contributed by atoms with van der Waals surface area (Å²) in [6, 6.07) is 0.201. The van der Waals surface area contributed by atoms with Gasteiger partial charge in [0.2, 0.25) is 5.95 Å². The van der Waals surface area contributed by atoms with Gasteiger partial charge in [0.25, 0.3) is 5.91 Å². The SMILES string of the molecule is CC(C)(Nc1nc(N[C@H]2CCCOC2)ncc1C(N)=O)C1CC1. The molecule has 126 valence electrons. The Morgan fingerprint density at radius 1 is 1.39 bits per heavy atom. The molecule has 1 aromatic heterocycles. The van der Waals surface area contributed by atoms with Crippen LogP contribution in [-0.2, 0) is 4.74 Å². The molecule has 2 aliphatic rings. The number of nitrogens with zero attached hydrogens (tertiary/aromatic N) is 2. The van der Waals surface area contributed by atoms with Crippen LogP contribution in [0.25, 0.3) is 0 Å². The predicted octanol–water partition coefficient (Wildman–Crippen LogP) is 1.77. The van der Waals surface area contributed by atoms with Crippen molar-refractivity contribution in [2.75, 3.05) is 23.8 Å². The van der Waals surface area contributed by atoms with Gasteiger partial charge in [0.15, 0.2) is 0 Å². The van der Waals surface area contributed by atoms with Crippen LogP contribution in [0.15, 0.2) is 6.20 Å². The number of hydrogen-bond acceptors (Lipinski definition) is 6. The number of ether oxygens (including phenoxy) is 1. The molecule has 2 heterocycles. The number of rotatable bonds is 6. The first kappa shape index (κ1) is 16.0. The molecule has 1 aliphatic heterocycles. The minimum Gasteiger partial charge on any atom is -0.379 e. The highest BCUT2D eigenvalue weighted by Crippen LogP contribution is 2.41. The maximum absolute atomic E-state index is 11.7. The van der Waals surface area contributed by atoms with E-state index in [1.807, 2.05) is 0 Å². The quantitative estimate of drug-likeness (QED) is 0.738. The molecule has 7 nitrogen and oxygen atoms in total. The average Bonchev–Trinajstić information content (AvgIpc) is 3.33. The van der Waals surface area contributed by atoms with Crippen molar-refractivity contribution in [3.05, 3.63) is 11.8 Å². The number of amides is 1. The average molecular weight is 319 g/mol. The fourth-order valence-corrected chi connectivity index (χ4v) is 2.98. The first-order valence-electron chi connectivity index (χ1n) is 8.25. The van der Waals surface area contributed by atoms with Crippen LogP contribution >= 0.6 is 0 Å². The minimum atomic E-state index is -0.522. The third kappa shape index (κ3) is 3.90. The maximum atomic E-state index is 11.7. The molecule has 1 aromatic rings. The Labute approximate surface area is 136 Å². The van der Waals surface area contributed by atoms with Gasteiger partial charge in [0.05, 0.1) is 18.2 Å². The normalized spacial score (nSPS) is 21.7. The summed E-state index contributed by atoms with van der Waals surface area (Å²) in [5, 5.41) is 6.66. The van der Waals surface area contributed by atoms with E-state index in [0.717, 1.165) is 19.4 Å². The lowest BCUT2D eigenvalue weighted by Crippen LogP contribution is -2.35. The van der Waals surface area contributed by atoms with Crippen molar-refractivity contribution in [3.63, 3.8) is 0 Å². The Kier molecular flexibility index (Phi) is 4.39. The van der Waals surface area contributed by atoms with E-state index in [0.29, 0.717) is 29.9 Å². The van der Waals surface area contributed by atoms with E-state index in [2.05, 4.69) is 34.4 Å². The minimum absolute atomic E-state index is 0.121. The summed E-state index contributed by atoms with van der Waals surface area (Å²) in [5.41, 5.74) is 5.66. The topological polar surface area (TPSA) is 102 Å². The van der Waals surface area contributed by atoms with Gasteiger partial charge in [-0.05, 0) is 45.4 Å². The molecule has 0 spiro atoms. The number of hydrogen-bond donors (Lipinski definition) is 3. The Hall–Kier alpha value is -1.89. The van der Waals surface area contributed by atoms with Crippen molar-refractivity contribution >= 4 is 17.7 Å². The van der Waals surface area contributed by atoms with Crippen molar-refractivity contribution in [1.29, 1.82) is 0 Å². The standard InChI is InChI=1S/C16H25N5O2/c1-16(2,10-5-6-10)21-14-12(13(17)22)8-18-15(20-14)19-11-4-3-7-23-9-11/h8,10-11H,3-7,9H2,1-2H3,(H2,17,22)(H2,18,19,20,21)/t11-/m0/s1. The Morgan fingerprint density at radius 3 is 2.78 bits per heavy atom. The molecule has 23 heavy (non-hydrogen) atoms. The molecule has 1 atom stereocenters. The zero-order valence-electron chi connectivity index (χ0n) is 13.8. The largest absolute Gasteiger partial charge is 0.379 e. The summed E-state index contributed by atoms with van der Waals surface area (Å²) >= 11 is 0. The second-order valence-electron chi connectivity index (χ2n) is 7.00. The van der Waals surface area contributed by atoms with Gasteiger partial charge in [0, 0.05) is 18.3 Å². The zero-order chi connectivity index (χ0) is 16.4. The summed E-state index contributed by atoms with van der Waals surface area (Å²) in [4.78, 5) is 20.4. The molecule has 4 N–H and O–H groups in total. The lowest BCUT2D eigenvalue weighted by atomic mass is 9.98. The summed E-state index contributed by atoms with van der Waals surface area (Å²) in [7, 11) is 0. The number of aromatic nitrogens is 2. The second-order valence-corrected chi connectivity index (χ2v) is 7.00. The van der Waals surface area contributed by atoms with Crippen LogP contribution in [0, 0.1) is 5.92 Å². The van der Waals surface area contributed by atoms with Gasteiger partial charge in [-0.3, -0.25) is 4.79 Å². The first-order chi connectivity index (χ1) is 11.0. The van der Waals surface area contributed by atoms with Gasteiger partial charge in [-0.25, -0.2) is 4.98 Å². The molecular weight excluding hydrogens is 294 g/mol. The Balaban J connectivity index is 1.79. The first-order valence-corrected chi connectivity index (χ1v) is 8.25. The van der Waals surface area contributed by atoms with E-state index in [4.69, 9.17) is 10.5 Å². The molecule has 0 unspecified atom stereocenters. The number of anilines is 2. The van der Waals surface area contributed by atoms with Crippen LogP contribution in [0.4, 0.5) is 11.8 Å². The van der Waals surface area contributed by atoms with Gasteiger partial charge >= 0.3 is 0 Å². The maximum Gasteiger partial charge on any atom is 0.254 e. The number of carbonyl (C=O) groups excluding carboxylic acids is 1. The van der Waals surface area contributed by atoms with Crippen molar-refractivity contribution in [2.24, 2.45) is 11.7 Å². The van der Waals surface area contributed by atoms with Crippen LogP contribution in [-0.4, -0.2) is 40.7 Å². The van der Waals surface area contributed by atoms with Crippen molar-refractivity contribution in [1.82, 2.24) is 9.97 Å². The molecule has 1 aliphatic carbocycles. The van der Waals surface area contributed by atoms with Gasteiger partial charge in [-0.1, -0.05) is 0 Å². The molecule has 1 amide bonds. The fraction of sp³-hybridized carbons (Fsp3) is 0.688. The van der Waals surface area contributed by atoms with E-state index in [1.54, 1.807) is 0 Å². The van der Waals surface area contributed by atoms with E-state index in [9.17, 15) is 4.79 Å². The molecule has 0 radical (unpaired) electrons. The summed E-state index contributed by atoms with van der Waals surface area (Å²) in [6.07, 6.45) is 5.93. The molecule has 2 fully saturated rings. The Morgan fingerprint density at radius 2 is 2.17 bits per heavy atom. The molecule has 1 saturated carbocycles. The van der Waals surface area contributed by atoms with Gasteiger partial charge in [0.1, 0.15) is 5.82 Å². The second kappa shape index (κ2) is 6.31. The molecular formula is C16H25N5O2. The van der Waals surface area contributed by atoms with E-state index >= 15 is 0 Å². The summed E-state index contributed by atoms with van der Waals surface area (Å²) in [6.45, 7) is 5.71. The highest BCUT2D eigenvalue weighted by atomic mass is 16.5. The summed E-state index contributed by atoms with van der Waals surface area (Å²) in [5.74, 6) is 1.08. The van der Waals surface area contributed by atoms with Crippen LogP contribution < -0.4 is 16.4 Å². The van der Waals surface area contributed by atoms with Crippen LogP contribution in [0.5, 0.6) is 0 Å². The van der Waals surface area contributed by atoms with Crippen molar-refractivity contribution in [3.8, 4) is 0 Å². The fourth-order valence-electron chi connectivity index (χ4n) is 2.98. The predicted molar refractivity (Wildman–Crippen MR) is 88.4 cm³/mol. The van der Waals surface area contributed by atoms with E-state index < -0.39 is 5.91 Å². The number of primary amides is 1. The van der Waals surface area contributed by atoms with Gasteiger partial charge < -0.3 is 21.1 Å². The molecule has 1 saturated heterocycles. The van der Waals surface area contributed by atoms with Gasteiger partial charge in [-0.15, -0.1) is 0 Å². The lowest BCUT2D eigenvalue weighted by molar-refractivity contribution is 0.0874. The Bertz CT molecular complexity index is 580. The molecule has 3 rings (SSSR count). The molecule has 0 bridgehead atoms. The van der Waals surface area contributed by atoms with Crippen molar-refractivity contribution < 1.29 is 9.53 Å². The third-order valence-corrected chi connectivity index (χ3v) is 4.59. The summed E-state index contributed by atoms with van der Waals surface area (Å²) < 4.78 is 5.46. The molecule has 0 aromatic carbocycles. The lowest BCUT2D eigenvalue weighted by Gasteiger charge is -2.28. The molecule has 7 heteroatoms. The monoisotopic (exact) mass is 319 g/mol. The number of nitrogens with two attached hydrogens (primary N) is 1. The highest BCUT2D eigenvalue weighted by molar-refractivity contribution is 5.97. The zero-order valence-corrected chi connectivity index (χ0v) is 13.8. The van der Waals surface area contributed by atoms with Crippen LogP contribution in [0.1, 0.15) is 49.9 Å². The smallest absolute Gasteiger partial charge is 0.254 e. The van der Waals surface area contributed by atoms with Crippen LogP contribution in [0.2, 0.25) is 0 Å². The van der Waals surface area contributed by atoms with E-state index in [-0.39, 0.29) is 11.6 Å². The van der Waals surface area contributed by atoms with Crippen molar-refractivity contribution in [2.45, 2.75) is 51.1 Å². The number of nitrogens with one attached hydrogen (secondary N) is 2. The van der Waals surface area contributed by atoms with E-state index in [1.165, 1.54) is 19.0 Å². The highest BCUT2D eigenvalue weighted by Gasteiger charge is 2.38. The van der Waals surface area contributed by atoms with Crippen LogP contribution in [0.3, 0.4) is 0 Å². The number of carbonyl (C=O) groups is 1. The third-order valence-electron chi connectivity index (χ3n) is 4.59.